The molecule has 1 N–H and O–H groups in total. The van der Waals surface area contributed by atoms with Gasteiger partial charge in [0.15, 0.2) is 0 Å². The second kappa shape index (κ2) is 4.69. The van der Waals surface area contributed by atoms with Crippen LogP contribution in [0.15, 0.2) is 36.5 Å². The number of fused-ring (bicyclic) bond motifs is 1. The van der Waals surface area contributed by atoms with E-state index in [1.165, 1.54) is 0 Å². The molecule has 1 aliphatic rings. The largest absolute Gasteiger partial charge is 0.444 e. The van der Waals surface area contributed by atoms with Gasteiger partial charge in [0.1, 0.15) is 5.60 Å². The number of allylic oxidation sites excluding steroid dienone is 2. The van der Waals surface area contributed by atoms with Gasteiger partial charge < -0.3 is 4.74 Å². The van der Waals surface area contributed by atoms with E-state index in [4.69, 9.17) is 4.74 Å². The Morgan fingerprint density at radius 3 is 2.67 bits per heavy atom. The molecule has 2 rings (SSSR count). The molecule has 0 fully saturated rings. The Balaban J connectivity index is 2.05. The molecule has 0 unspecified atom stereocenters. The molecule has 1 aromatic carbocycles. The number of hydrogen-bond acceptors (Lipinski definition) is 2. The molecule has 0 bridgehead atoms. The third-order valence-electron chi connectivity index (χ3n) is 2.46. The summed E-state index contributed by atoms with van der Waals surface area (Å²) in [5, 5.41) is 2.65. The van der Waals surface area contributed by atoms with Crippen LogP contribution in [0.1, 0.15) is 31.9 Å². The summed E-state index contributed by atoms with van der Waals surface area (Å²) in [5.74, 6) is 0. The summed E-state index contributed by atoms with van der Waals surface area (Å²) in [5.41, 5.74) is 2.78. The van der Waals surface area contributed by atoms with Crippen molar-refractivity contribution in [2.75, 3.05) is 0 Å². The first-order valence-corrected chi connectivity index (χ1v) is 5.93. The smallest absolute Gasteiger partial charge is 0.411 e. The third kappa shape index (κ3) is 3.00. The molecule has 3 nitrogen and oxygen atoms in total. The average Bonchev–Trinajstić information content (AvgIpc) is 2.67. The van der Waals surface area contributed by atoms with Crippen molar-refractivity contribution in [3.05, 3.63) is 47.7 Å². The van der Waals surface area contributed by atoms with Crippen molar-refractivity contribution in [3.8, 4) is 0 Å². The molecule has 18 heavy (non-hydrogen) atoms. The number of rotatable bonds is 1. The van der Waals surface area contributed by atoms with Crippen molar-refractivity contribution < 1.29 is 9.53 Å². The van der Waals surface area contributed by atoms with Crippen molar-refractivity contribution >= 4 is 17.7 Å². The zero-order valence-corrected chi connectivity index (χ0v) is 10.9. The minimum atomic E-state index is -0.480. The first kappa shape index (κ1) is 12.4. The van der Waals surface area contributed by atoms with Crippen LogP contribution in [0.4, 0.5) is 4.79 Å². The number of carbonyl (C=O) groups excluding carboxylic acids is 1. The molecule has 1 aliphatic carbocycles. The molecular weight excluding hydrogens is 226 g/mol. The quantitative estimate of drug-likeness (QED) is 0.818. The van der Waals surface area contributed by atoms with Crippen molar-refractivity contribution in [3.63, 3.8) is 0 Å². The predicted molar refractivity (Wildman–Crippen MR) is 72.8 cm³/mol. The van der Waals surface area contributed by atoms with Gasteiger partial charge in [-0.05, 0) is 37.5 Å². The molecule has 0 saturated carbocycles. The van der Waals surface area contributed by atoms with Gasteiger partial charge in [-0.3, -0.25) is 5.32 Å². The Hall–Kier alpha value is -2.03. The summed E-state index contributed by atoms with van der Waals surface area (Å²) in [7, 11) is 0. The molecule has 0 atom stereocenters. The molecule has 3 heteroatoms. The van der Waals surface area contributed by atoms with E-state index < -0.39 is 11.7 Å². The fourth-order valence-electron chi connectivity index (χ4n) is 1.74. The maximum absolute atomic E-state index is 11.5. The highest BCUT2D eigenvalue weighted by molar-refractivity contribution is 5.90. The van der Waals surface area contributed by atoms with E-state index in [9.17, 15) is 4.79 Å². The van der Waals surface area contributed by atoms with Crippen LogP contribution < -0.4 is 5.32 Å². The van der Waals surface area contributed by atoms with E-state index in [2.05, 4.69) is 5.32 Å². The third-order valence-corrected chi connectivity index (χ3v) is 2.46. The number of hydrogen-bond donors (Lipinski definition) is 1. The van der Waals surface area contributed by atoms with Crippen molar-refractivity contribution in [2.45, 2.75) is 26.4 Å². The van der Waals surface area contributed by atoms with E-state index in [1.54, 1.807) is 6.20 Å². The lowest BCUT2D eigenvalue weighted by Crippen LogP contribution is -2.29. The summed E-state index contributed by atoms with van der Waals surface area (Å²) < 4.78 is 5.17. The number of benzene rings is 1. The number of carbonyl (C=O) groups is 1. The molecule has 0 heterocycles. The fraction of sp³-hybridized carbons (Fsp3) is 0.267. The topological polar surface area (TPSA) is 38.3 Å². The molecule has 1 aromatic rings. The minimum Gasteiger partial charge on any atom is -0.444 e. The Morgan fingerprint density at radius 1 is 1.22 bits per heavy atom. The van der Waals surface area contributed by atoms with Gasteiger partial charge in [-0.15, -0.1) is 0 Å². The molecule has 0 spiro atoms. The molecule has 0 aromatic heterocycles. The molecule has 94 valence electrons. The Labute approximate surface area is 107 Å². The van der Waals surface area contributed by atoms with Gasteiger partial charge in [0, 0.05) is 6.20 Å². The lowest BCUT2D eigenvalue weighted by Gasteiger charge is -2.18. The van der Waals surface area contributed by atoms with E-state index in [0.717, 1.165) is 16.7 Å². The highest BCUT2D eigenvalue weighted by Crippen LogP contribution is 2.27. The fourth-order valence-corrected chi connectivity index (χ4v) is 1.74. The van der Waals surface area contributed by atoms with Gasteiger partial charge in [0.05, 0.1) is 0 Å². The summed E-state index contributed by atoms with van der Waals surface area (Å²) in [6, 6.07) is 8.04. The molecule has 0 saturated heterocycles. The monoisotopic (exact) mass is 243 g/mol. The maximum Gasteiger partial charge on any atom is 0.411 e. The summed E-state index contributed by atoms with van der Waals surface area (Å²) in [6.07, 6.45) is 5.24. The summed E-state index contributed by atoms with van der Waals surface area (Å²) in [4.78, 5) is 11.5. The van der Waals surface area contributed by atoms with Gasteiger partial charge in [-0.25, -0.2) is 4.79 Å². The van der Waals surface area contributed by atoms with E-state index >= 15 is 0 Å². The highest BCUT2D eigenvalue weighted by Gasteiger charge is 2.16. The zero-order chi connectivity index (χ0) is 13.2. The molecular formula is C15H17NO2. The van der Waals surface area contributed by atoms with Gasteiger partial charge in [0.2, 0.25) is 0 Å². The molecule has 0 aliphatic heterocycles. The van der Waals surface area contributed by atoms with Crippen molar-refractivity contribution in [1.29, 1.82) is 0 Å². The summed E-state index contributed by atoms with van der Waals surface area (Å²) in [6.45, 7) is 5.51. The first-order chi connectivity index (χ1) is 8.46. The predicted octanol–water partition coefficient (Wildman–Crippen LogP) is 3.58. The van der Waals surface area contributed by atoms with Gasteiger partial charge >= 0.3 is 6.09 Å². The normalized spacial score (nSPS) is 15.6. The Bertz CT molecular complexity index is 522. The van der Waals surface area contributed by atoms with Gasteiger partial charge in [-0.2, -0.15) is 0 Å². The summed E-state index contributed by atoms with van der Waals surface area (Å²) >= 11 is 0. The van der Waals surface area contributed by atoms with Crippen molar-refractivity contribution in [2.24, 2.45) is 0 Å². The number of alkyl carbamates (subject to hydrolysis) is 1. The first-order valence-electron chi connectivity index (χ1n) is 5.93. The standard InChI is InChI=1S/C15H17NO2/c1-15(2,3)18-14(17)16-10-12-9-8-11-6-4-5-7-13(11)12/h4-10H,1-3H3,(H,16,17)/b12-10-. The van der Waals surface area contributed by atoms with Crippen LogP contribution in [-0.2, 0) is 4.74 Å². The lowest BCUT2D eigenvalue weighted by molar-refractivity contribution is 0.0552. The van der Waals surface area contributed by atoms with Crippen molar-refractivity contribution in [1.82, 2.24) is 5.32 Å². The zero-order valence-electron chi connectivity index (χ0n) is 10.9. The van der Waals surface area contributed by atoms with Gasteiger partial charge in [0.25, 0.3) is 0 Å². The average molecular weight is 243 g/mol. The van der Waals surface area contributed by atoms with E-state index in [0.29, 0.717) is 0 Å². The van der Waals surface area contributed by atoms with E-state index in [1.807, 2.05) is 57.2 Å². The molecule has 1 amide bonds. The molecule has 0 radical (unpaired) electrons. The van der Waals surface area contributed by atoms with Gasteiger partial charge in [-0.1, -0.05) is 36.4 Å². The lowest BCUT2D eigenvalue weighted by atomic mass is 10.1. The van der Waals surface area contributed by atoms with Crippen LogP contribution in [0.2, 0.25) is 0 Å². The second-order valence-corrected chi connectivity index (χ2v) is 5.17. The van der Waals surface area contributed by atoms with Crippen LogP contribution >= 0.6 is 0 Å². The number of ether oxygens (including phenoxy) is 1. The maximum atomic E-state index is 11.5. The van der Waals surface area contributed by atoms with Crippen LogP contribution in [0, 0.1) is 0 Å². The van der Waals surface area contributed by atoms with Crippen LogP contribution in [-0.4, -0.2) is 11.7 Å². The minimum absolute atomic E-state index is 0.437. The van der Waals surface area contributed by atoms with E-state index in [-0.39, 0.29) is 0 Å². The van der Waals surface area contributed by atoms with Crippen LogP contribution in [0.25, 0.3) is 11.6 Å². The number of amides is 1. The number of nitrogens with one attached hydrogen (secondary N) is 1. The van der Waals surface area contributed by atoms with Crippen LogP contribution in [0.3, 0.4) is 0 Å². The SMILES string of the molecule is CC(C)(C)OC(=O)N/C=C1/C=Cc2ccccc21. The Morgan fingerprint density at radius 2 is 1.94 bits per heavy atom. The second-order valence-electron chi connectivity index (χ2n) is 5.17. The van der Waals surface area contributed by atoms with Crippen LogP contribution in [0.5, 0.6) is 0 Å². The highest BCUT2D eigenvalue weighted by atomic mass is 16.6. The Kier molecular flexibility index (Phi) is 3.24.